The van der Waals surface area contributed by atoms with Gasteiger partial charge in [-0.25, -0.2) is 0 Å². The van der Waals surface area contributed by atoms with Crippen molar-refractivity contribution in [2.75, 3.05) is 6.54 Å². The summed E-state index contributed by atoms with van der Waals surface area (Å²) in [5, 5.41) is 0. The van der Waals surface area contributed by atoms with Crippen molar-refractivity contribution in [2.24, 2.45) is 0 Å². The van der Waals surface area contributed by atoms with Crippen LogP contribution in [0.1, 0.15) is 46.9 Å². The van der Waals surface area contributed by atoms with Gasteiger partial charge in [0.1, 0.15) is 0 Å². The second-order valence-corrected chi connectivity index (χ2v) is 5.61. The Labute approximate surface area is 125 Å². The number of nitrogens with zero attached hydrogens (tertiary/aromatic N) is 2. The average Bonchev–Trinajstić information content (AvgIpc) is 2.56. The van der Waals surface area contributed by atoms with E-state index in [-0.39, 0.29) is 11.9 Å². The van der Waals surface area contributed by atoms with Crippen LogP contribution in [0.15, 0.2) is 48.7 Å². The molecule has 0 N–H and O–H groups in total. The standard InChI is InChI=1S/C18H20N2O/c1-14-10-11-16(13-19-14)17-9-5-6-12-20(17)18(21)15-7-3-2-4-8-15/h2-4,7-8,10-11,13,17H,5-6,9,12H2,1H3/t17-/m0/s1. The van der Waals surface area contributed by atoms with E-state index < -0.39 is 0 Å². The van der Waals surface area contributed by atoms with Crippen molar-refractivity contribution < 1.29 is 4.79 Å². The normalized spacial score (nSPS) is 18.5. The summed E-state index contributed by atoms with van der Waals surface area (Å²) in [7, 11) is 0. The number of carbonyl (C=O) groups is 1. The third-order valence-electron chi connectivity index (χ3n) is 4.10. The quantitative estimate of drug-likeness (QED) is 0.839. The summed E-state index contributed by atoms with van der Waals surface area (Å²) >= 11 is 0. The first-order valence-corrected chi connectivity index (χ1v) is 7.54. The minimum absolute atomic E-state index is 0.126. The van der Waals surface area contributed by atoms with Crippen LogP contribution in [0.5, 0.6) is 0 Å². The Balaban J connectivity index is 1.88. The fourth-order valence-electron chi connectivity index (χ4n) is 2.94. The van der Waals surface area contributed by atoms with Crippen LogP contribution in [0.25, 0.3) is 0 Å². The molecular formula is C18H20N2O. The summed E-state index contributed by atoms with van der Waals surface area (Å²) in [6.45, 7) is 2.81. The second kappa shape index (κ2) is 6.08. The maximum atomic E-state index is 12.8. The van der Waals surface area contributed by atoms with Crippen LogP contribution in [0.4, 0.5) is 0 Å². The highest BCUT2D eigenvalue weighted by Crippen LogP contribution is 2.31. The lowest BCUT2D eigenvalue weighted by Crippen LogP contribution is -2.38. The fourth-order valence-corrected chi connectivity index (χ4v) is 2.94. The number of aryl methyl sites for hydroxylation is 1. The molecule has 1 aliphatic rings. The van der Waals surface area contributed by atoms with Crippen LogP contribution in [0.2, 0.25) is 0 Å². The molecule has 1 aliphatic heterocycles. The van der Waals surface area contributed by atoms with Crippen LogP contribution < -0.4 is 0 Å². The highest BCUT2D eigenvalue weighted by Gasteiger charge is 2.28. The molecule has 1 aromatic carbocycles. The lowest BCUT2D eigenvalue weighted by Gasteiger charge is -2.36. The number of pyridine rings is 1. The predicted octanol–water partition coefficient (Wildman–Crippen LogP) is 3.76. The molecular weight excluding hydrogens is 260 g/mol. The van der Waals surface area contributed by atoms with Crippen LogP contribution in [0.3, 0.4) is 0 Å². The third kappa shape index (κ3) is 2.97. The molecule has 21 heavy (non-hydrogen) atoms. The number of piperidine rings is 1. The van der Waals surface area contributed by atoms with Gasteiger partial charge in [0.2, 0.25) is 0 Å². The molecule has 3 nitrogen and oxygen atoms in total. The molecule has 1 fully saturated rings. The van der Waals surface area contributed by atoms with Gasteiger partial charge in [0, 0.05) is 24.0 Å². The van der Waals surface area contributed by atoms with Gasteiger partial charge >= 0.3 is 0 Å². The molecule has 1 amide bonds. The molecule has 2 heterocycles. The smallest absolute Gasteiger partial charge is 0.254 e. The number of benzene rings is 1. The maximum absolute atomic E-state index is 12.8. The average molecular weight is 280 g/mol. The van der Waals surface area contributed by atoms with Crippen molar-refractivity contribution in [3.05, 3.63) is 65.5 Å². The van der Waals surface area contributed by atoms with E-state index in [1.165, 1.54) is 0 Å². The molecule has 0 spiro atoms. The largest absolute Gasteiger partial charge is 0.332 e. The molecule has 0 saturated carbocycles. The zero-order valence-corrected chi connectivity index (χ0v) is 12.3. The van der Waals surface area contributed by atoms with Crippen LogP contribution in [-0.2, 0) is 0 Å². The molecule has 3 rings (SSSR count). The van der Waals surface area contributed by atoms with Gasteiger partial charge in [-0.3, -0.25) is 9.78 Å². The van der Waals surface area contributed by atoms with Gasteiger partial charge in [-0.05, 0) is 49.9 Å². The van der Waals surface area contributed by atoms with Crippen molar-refractivity contribution in [1.29, 1.82) is 0 Å². The monoisotopic (exact) mass is 280 g/mol. The third-order valence-corrected chi connectivity index (χ3v) is 4.10. The number of hydrogen-bond donors (Lipinski definition) is 0. The Bertz CT molecular complexity index is 607. The van der Waals surface area contributed by atoms with Gasteiger partial charge < -0.3 is 4.90 Å². The van der Waals surface area contributed by atoms with E-state index in [2.05, 4.69) is 11.1 Å². The van der Waals surface area contributed by atoms with Crippen LogP contribution in [0, 0.1) is 6.92 Å². The zero-order chi connectivity index (χ0) is 14.7. The SMILES string of the molecule is Cc1ccc([C@@H]2CCCCN2C(=O)c2ccccc2)cn1. The summed E-state index contributed by atoms with van der Waals surface area (Å²) in [6.07, 6.45) is 5.17. The molecule has 1 aromatic heterocycles. The van der Waals surface area contributed by atoms with Crippen molar-refractivity contribution in [3.63, 3.8) is 0 Å². The number of aromatic nitrogens is 1. The predicted molar refractivity (Wildman–Crippen MR) is 83.0 cm³/mol. The number of hydrogen-bond acceptors (Lipinski definition) is 2. The second-order valence-electron chi connectivity index (χ2n) is 5.61. The number of carbonyl (C=O) groups excluding carboxylic acids is 1. The fraction of sp³-hybridized carbons (Fsp3) is 0.333. The van der Waals surface area contributed by atoms with E-state index in [4.69, 9.17) is 0 Å². The molecule has 3 heteroatoms. The van der Waals surface area contributed by atoms with Gasteiger partial charge in [0.15, 0.2) is 0 Å². The highest BCUT2D eigenvalue weighted by molar-refractivity contribution is 5.94. The summed E-state index contributed by atoms with van der Waals surface area (Å²) in [5.41, 5.74) is 2.92. The van der Waals surface area contributed by atoms with Crippen molar-refractivity contribution >= 4 is 5.91 Å². The first kappa shape index (κ1) is 13.8. The molecule has 1 saturated heterocycles. The van der Waals surface area contributed by atoms with Crippen molar-refractivity contribution in [2.45, 2.75) is 32.2 Å². The van der Waals surface area contributed by atoms with Gasteiger partial charge in [0.05, 0.1) is 6.04 Å². The van der Waals surface area contributed by atoms with Crippen LogP contribution >= 0.6 is 0 Å². The maximum Gasteiger partial charge on any atom is 0.254 e. The number of likely N-dealkylation sites (tertiary alicyclic amines) is 1. The molecule has 1 atom stereocenters. The van der Waals surface area contributed by atoms with E-state index in [1.54, 1.807) is 0 Å². The minimum atomic E-state index is 0.126. The summed E-state index contributed by atoms with van der Waals surface area (Å²) in [4.78, 5) is 19.1. The molecule has 2 aromatic rings. The molecule has 0 aliphatic carbocycles. The first-order chi connectivity index (χ1) is 10.3. The lowest BCUT2D eigenvalue weighted by atomic mass is 9.95. The summed E-state index contributed by atoms with van der Waals surface area (Å²) < 4.78 is 0. The Morgan fingerprint density at radius 1 is 1.14 bits per heavy atom. The Hall–Kier alpha value is -2.16. The summed E-state index contributed by atoms with van der Waals surface area (Å²) in [6, 6.07) is 13.8. The van der Waals surface area contributed by atoms with Crippen LogP contribution in [-0.4, -0.2) is 22.3 Å². The molecule has 108 valence electrons. The Morgan fingerprint density at radius 2 is 1.95 bits per heavy atom. The molecule has 0 bridgehead atoms. The van der Waals surface area contributed by atoms with Gasteiger partial charge in [0.25, 0.3) is 5.91 Å². The van der Waals surface area contributed by atoms with Crippen molar-refractivity contribution in [3.8, 4) is 0 Å². The number of amides is 1. The van der Waals surface area contributed by atoms with E-state index >= 15 is 0 Å². The minimum Gasteiger partial charge on any atom is -0.332 e. The molecule has 0 radical (unpaired) electrons. The zero-order valence-electron chi connectivity index (χ0n) is 12.3. The molecule has 0 unspecified atom stereocenters. The van der Waals surface area contributed by atoms with Crippen molar-refractivity contribution in [1.82, 2.24) is 9.88 Å². The summed E-state index contributed by atoms with van der Waals surface area (Å²) in [5.74, 6) is 0.126. The van der Waals surface area contributed by atoms with E-state index in [0.29, 0.717) is 0 Å². The first-order valence-electron chi connectivity index (χ1n) is 7.54. The number of rotatable bonds is 2. The lowest BCUT2D eigenvalue weighted by molar-refractivity contribution is 0.0611. The van der Waals surface area contributed by atoms with E-state index in [9.17, 15) is 4.79 Å². The topological polar surface area (TPSA) is 33.2 Å². The van der Waals surface area contributed by atoms with E-state index in [1.807, 2.05) is 54.4 Å². The van der Waals surface area contributed by atoms with Gasteiger partial charge in [-0.2, -0.15) is 0 Å². The van der Waals surface area contributed by atoms with Gasteiger partial charge in [-0.15, -0.1) is 0 Å². The highest BCUT2D eigenvalue weighted by atomic mass is 16.2. The Morgan fingerprint density at radius 3 is 2.67 bits per heavy atom. The van der Waals surface area contributed by atoms with Gasteiger partial charge in [-0.1, -0.05) is 24.3 Å². The van der Waals surface area contributed by atoms with E-state index in [0.717, 1.165) is 42.6 Å². The Kier molecular flexibility index (Phi) is 4.00.